The molecule has 12 nitrogen and oxygen atoms in total. The highest BCUT2D eigenvalue weighted by Gasteiger charge is 2.49. The summed E-state index contributed by atoms with van der Waals surface area (Å²) in [4.78, 5) is 48.2. The fourth-order valence-electron chi connectivity index (χ4n) is 5.70. The van der Waals surface area contributed by atoms with Gasteiger partial charge >= 0.3 is 5.97 Å². The second-order valence-electron chi connectivity index (χ2n) is 12.8. The van der Waals surface area contributed by atoms with Gasteiger partial charge in [0.15, 0.2) is 17.1 Å². The number of nitriles is 1. The lowest BCUT2D eigenvalue weighted by molar-refractivity contribution is -0.136. The number of oxazole rings is 2. The van der Waals surface area contributed by atoms with Crippen LogP contribution in [0, 0.1) is 22.7 Å². The molecule has 0 fully saturated rings. The molecule has 0 unspecified atom stereocenters. The van der Waals surface area contributed by atoms with E-state index in [1.165, 1.54) is 6.26 Å². The summed E-state index contributed by atoms with van der Waals surface area (Å²) in [5, 5.41) is 26.9. The van der Waals surface area contributed by atoms with Crippen molar-refractivity contribution in [2.75, 3.05) is 6.61 Å². The summed E-state index contributed by atoms with van der Waals surface area (Å²) < 4.78 is 17.2. The van der Waals surface area contributed by atoms with Crippen LogP contribution in [0.5, 0.6) is 0 Å². The fraction of sp³-hybridized carbons (Fsp3) is 0.500. The summed E-state index contributed by atoms with van der Waals surface area (Å²) in [5.41, 5.74) is 0.499. The predicted octanol–water partition coefficient (Wildman–Crippen LogP) is 3.52. The molecule has 2 aliphatic rings. The predicted molar refractivity (Wildman–Crippen MR) is 156 cm³/mol. The first-order valence-electron chi connectivity index (χ1n) is 14.8. The molecule has 4 bridgehead atoms. The number of carbonyl (C=O) groups excluding carboxylic acids is 3. The molecule has 3 aromatic rings. The minimum atomic E-state index is -1.30. The van der Waals surface area contributed by atoms with Gasteiger partial charge in [-0.15, -0.1) is 0 Å². The van der Waals surface area contributed by atoms with Crippen molar-refractivity contribution >= 4 is 17.8 Å². The maximum absolute atomic E-state index is 13.9. The van der Waals surface area contributed by atoms with Gasteiger partial charge in [-0.05, 0) is 47.8 Å². The van der Waals surface area contributed by atoms with Gasteiger partial charge in [0.2, 0.25) is 23.6 Å². The van der Waals surface area contributed by atoms with Crippen molar-refractivity contribution in [1.82, 2.24) is 20.6 Å². The number of nitrogens with zero attached hydrogens (tertiary/aromatic N) is 3. The van der Waals surface area contributed by atoms with Gasteiger partial charge in [0, 0.05) is 6.42 Å². The number of aliphatic hydroxyl groups is 1. The van der Waals surface area contributed by atoms with Crippen molar-refractivity contribution in [2.45, 2.75) is 84.4 Å². The minimum absolute atomic E-state index is 0.0287. The molecule has 1 aliphatic heterocycles. The lowest BCUT2D eigenvalue weighted by Crippen LogP contribution is -2.53. The van der Waals surface area contributed by atoms with E-state index in [9.17, 15) is 24.8 Å². The SMILES string of the molecule is CCOC(=O)c1coc(-c2nc3oc2[C@@]2(C#N)CCc4ccc(cc42)C[C@H](NC(=O)[C@@H](O)C(C)C)C(=O)N[C@H]3C(C)(C)C)n1. The van der Waals surface area contributed by atoms with Crippen LogP contribution in [0.15, 0.2) is 33.3 Å². The van der Waals surface area contributed by atoms with E-state index in [1.807, 2.05) is 39.0 Å². The van der Waals surface area contributed by atoms with Crippen LogP contribution in [0.25, 0.3) is 11.6 Å². The van der Waals surface area contributed by atoms with Crippen LogP contribution < -0.4 is 10.6 Å². The van der Waals surface area contributed by atoms with E-state index in [2.05, 4.69) is 21.7 Å². The normalized spacial score (nSPS) is 21.9. The molecule has 1 aromatic carbocycles. The monoisotopic (exact) mass is 603 g/mol. The van der Waals surface area contributed by atoms with Crippen molar-refractivity contribution in [3.8, 4) is 17.7 Å². The second kappa shape index (κ2) is 11.5. The number of amides is 2. The van der Waals surface area contributed by atoms with E-state index in [-0.39, 0.29) is 47.9 Å². The summed E-state index contributed by atoms with van der Waals surface area (Å²) in [5.74, 6) is -1.89. The van der Waals surface area contributed by atoms with E-state index >= 15 is 0 Å². The lowest BCUT2D eigenvalue weighted by Gasteiger charge is -2.31. The number of carbonyl (C=O) groups is 3. The molecule has 0 saturated carbocycles. The number of hydrogen-bond donors (Lipinski definition) is 3. The van der Waals surface area contributed by atoms with Crippen LogP contribution in [0.4, 0.5) is 0 Å². The first kappa shape index (κ1) is 30.9. The number of rotatable bonds is 6. The Hall–Kier alpha value is -4.50. The number of hydrogen-bond acceptors (Lipinski definition) is 10. The lowest BCUT2D eigenvalue weighted by atomic mass is 9.79. The first-order chi connectivity index (χ1) is 20.8. The number of fused-ring (bicyclic) bond motifs is 4. The number of aromatic nitrogens is 2. The number of esters is 1. The minimum Gasteiger partial charge on any atom is -0.461 e. The summed E-state index contributed by atoms with van der Waals surface area (Å²) in [6.45, 7) is 10.9. The molecule has 0 spiro atoms. The summed E-state index contributed by atoms with van der Waals surface area (Å²) >= 11 is 0. The number of aliphatic hydroxyl groups excluding tert-OH is 1. The van der Waals surface area contributed by atoms with E-state index in [0.29, 0.717) is 24.0 Å². The van der Waals surface area contributed by atoms with Crippen molar-refractivity contribution in [1.29, 1.82) is 5.26 Å². The Balaban J connectivity index is 1.70. The number of benzene rings is 1. The zero-order chi connectivity index (χ0) is 32.0. The van der Waals surface area contributed by atoms with Gasteiger partial charge in [-0.2, -0.15) is 5.26 Å². The molecular weight excluding hydrogens is 566 g/mol. The van der Waals surface area contributed by atoms with Crippen molar-refractivity contribution in [3.05, 3.63) is 58.5 Å². The molecule has 3 N–H and O–H groups in total. The van der Waals surface area contributed by atoms with Crippen LogP contribution in [0.2, 0.25) is 0 Å². The highest BCUT2D eigenvalue weighted by molar-refractivity contribution is 5.90. The number of ether oxygens (including phenoxy) is 1. The third-order valence-corrected chi connectivity index (χ3v) is 8.19. The van der Waals surface area contributed by atoms with Crippen LogP contribution in [0.1, 0.15) is 92.8 Å². The van der Waals surface area contributed by atoms with Crippen LogP contribution in [-0.4, -0.2) is 51.6 Å². The van der Waals surface area contributed by atoms with E-state index in [4.69, 9.17) is 18.6 Å². The van der Waals surface area contributed by atoms with E-state index in [1.54, 1.807) is 20.8 Å². The Kier molecular flexibility index (Phi) is 8.11. The molecule has 2 amide bonds. The molecule has 12 heteroatoms. The Morgan fingerprint density at radius 1 is 1.30 bits per heavy atom. The third-order valence-electron chi connectivity index (χ3n) is 8.19. The van der Waals surface area contributed by atoms with Crippen LogP contribution >= 0.6 is 0 Å². The quantitative estimate of drug-likeness (QED) is 0.353. The highest BCUT2D eigenvalue weighted by atomic mass is 16.5. The second-order valence-corrected chi connectivity index (χ2v) is 12.8. The molecule has 5 rings (SSSR count). The summed E-state index contributed by atoms with van der Waals surface area (Å²) in [7, 11) is 0. The number of aryl methyl sites for hydroxylation is 1. The van der Waals surface area contributed by atoms with E-state index < -0.39 is 46.8 Å². The maximum atomic E-state index is 13.9. The fourth-order valence-corrected chi connectivity index (χ4v) is 5.70. The van der Waals surface area contributed by atoms with Crippen molar-refractivity contribution in [2.24, 2.45) is 11.3 Å². The highest BCUT2D eigenvalue weighted by Crippen LogP contribution is 2.49. The average molecular weight is 604 g/mol. The smallest absolute Gasteiger partial charge is 0.360 e. The Morgan fingerprint density at radius 3 is 2.70 bits per heavy atom. The molecular formula is C32H37N5O7. The molecule has 0 saturated heterocycles. The van der Waals surface area contributed by atoms with Gasteiger partial charge in [0.1, 0.15) is 29.9 Å². The Morgan fingerprint density at radius 2 is 2.05 bits per heavy atom. The third kappa shape index (κ3) is 5.48. The van der Waals surface area contributed by atoms with Crippen LogP contribution in [0.3, 0.4) is 0 Å². The van der Waals surface area contributed by atoms with Gasteiger partial charge in [-0.1, -0.05) is 52.8 Å². The molecule has 1 aliphatic carbocycles. The van der Waals surface area contributed by atoms with Crippen molar-refractivity contribution < 1.29 is 33.1 Å². The van der Waals surface area contributed by atoms with Gasteiger partial charge in [-0.25, -0.2) is 14.8 Å². The first-order valence-corrected chi connectivity index (χ1v) is 14.8. The van der Waals surface area contributed by atoms with Gasteiger partial charge < -0.3 is 29.3 Å². The molecule has 44 heavy (non-hydrogen) atoms. The molecule has 0 radical (unpaired) electrons. The molecule has 2 aromatic heterocycles. The molecule has 4 atom stereocenters. The molecule has 3 heterocycles. The molecule has 232 valence electrons. The topological polar surface area (TPSA) is 181 Å². The maximum Gasteiger partial charge on any atom is 0.360 e. The van der Waals surface area contributed by atoms with Gasteiger partial charge in [0.05, 0.1) is 12.7 Å². The largest absolute Gasteiger partial charge is 0.461 e. The Bertz CT molecular complexity index is 1640. The summed E-state index contributed by atoms with van der Waals surface area (Å²) in [6.07, 6.45) is 0.963. The zero-order valence-electron chi connectivity index (χ0n) is 25.7. The van der Waals surface area contributed by atoms with Crippen LogP contribution in [-0.2, 0) is 32.6 Å². The van der Waals surface area contributed by atoms with Crippen molar-refractivity contribution in [3.63, 3.8) is 0 Å². The van der Waals surface area contributed by atoms with E-state index in [0.717, 1.165) is 5.56 Å². The Labute approximate surface area is 255 Å². The van der Waals surface area contributed by atoms with Gasteiger partial charge in [-0.3, -0.25) is 9.59 Å². The number of nitrogens with one attached hydrogen (secondary N) is 2. The average Bonchev–Trinajstić information content (AvgIpc) is 3.71. The standard InChI is InChI=1S/C32H37N5O7/c1-7-42-30(41)21-14-43-28(35-21)22-25-32(15-33)11-10-18-9-8-17(12-19(18)32)13-20(34-27(40)23(38)16(2)3)26(39)37-24(31(4,5)6)29(36-22)44-25/h8-9,12,14,16,20,23-24,38H,7,10-11,13H2,1-6H3,(H,34,40)(H,37,39)/t20-,23-,24+,32+/m0/s1. The van der Waals surface area contributed by atoms with Gasteiger partial charge in [0.25, 0.3) is 0 Å². The zero-order valence-corrected chi connectivity index (χ0v) is 25.7. The summed E-state index contributed by atoms with van der Waals surface area (Å²) in [6, 6.07) is 6.27.